The Labute approximate surface area is 179 Å². The highest BCUT2D eigenvalue weighted by Gasteiger charge is 2.08. The van der Waals surface area contributed by atoms with Crippen molar-refractivity contribution in [2.24, 2.45) is 0 Å². The minimum absolute atomic E-state index is 0.0716. The molecule has 3 nitrogen and oxygen atoms in total. The smallest absolute Gasteiger partial charge is 0.220 e. The summed E-state index contributed by atoms with van der Waals surface area (Å²) in [6.45, 7) is 0.786. The lowest BCUT2D eigenvalue weighted by molar-refractivity contribution is -0.121. The first-order valence-corrected chi connectivity index (χ1v) is 9.92. The molecule has 29 heavy (non-hydrogen) atoms. The van der Waals surface area contributed by atoms with Crippen LogP contribution in [0, 0.1) is 5.82 Å². The Morgan fingerprint density at radius 2 is 1.52 bits per heavy atom. The molecule has 0 saturated heterocycles. The largest absolute Gasteiger partial charge is 0.489 e. The van der Waals surface area contributed by atoms with E-state index in [9.17, 15) is 9.18 Å². The van der Waals surface area contributed by atoms with E-state index < -0.39 is 0 Å². The summed E-state index contributed by atoms with van der Waals surface area (Å²) in [6, 6.07) is 19.0. The van der Waals surface area contributed by atoms with Crippen molar-refractivity contribution in [2.75, 3.05) is 0 Å². The van der Waals surface area contributed by atoms with Crippen LogP contribution in [-0.2, 0) is 24.4 Å². The second-order valence-electron chi connectivity index (χ2n) is 6.54. The zero-order valence-corrected chi connectivity index (χ0v) is 17.1. The van der Waals surface area contributed by atoms with Crippen molar-refractivity contribution in [3.8, 4) is 5.75 Å². The topological polar surface area (TPSA) is 38.3 Å². The lowest BCUT2D eigenvalue weighted by Gasteiger charge is -2.09. The molecule has 0 aromatic heterocycles. The molecule has 0 unspecified atom stereocenters. The van der Waals surface area contributed by atoms with Crippen molar-refractivity contribution in [3.05, 3.63) is 99.3 Å². The van der Waals surface area contributed by atoms with E-state index in [1.807, 2.05) is 24.3 Å². The lowest BCUT2D eigenvalue weighted by Crippen LogP contribution is -2.23. The number of hydrogen-bond donors (Lipinski definition) is 1. The van der Waals surface area contributed by atoms with Gasteiger partial charge in [0.05, 0.1) is 0 Å². The number of nitrogens with one attached hydrogen (secondary N) is 1. The van der Waals surface area contributed by atoms with Crippen molar-refractivity contribution in [1.29, 1.82) is 0 Å². The average Bonchev–Trinajstić information content (AvgIpc) is 2.72. The highest BCUT2D eigenvalue weighted by Crippen LogP contribution is 2.25. The van der Waals surface area contributed by atoms with E-state index in [4.69, 9.17) is 27.9 Å². The number of benzene rings is 3. The number of ether oxygens (including phenoxy) is 1. The first-order valence-electron chi connectivity index (χ1n) is 9.17. The number of hydrogen-bond acceptors (Lipinski definition) is 2. The Bertz CT molecular complexity index is 939. The molecule has 1 amide bonds. The van der Waals surface area contributed by atoms with Crippen LogP contribution in [0.15, 0.2) is 66.7 Å². The Kier molecular flexibility index (Phi) is 7.50. The zero-order valence-electron chi connectivity index (χ0n) is 15.6. The normalized spacial score (nSPS) is 10.6. The van der Waals surface area contributed by atoms with E-state index in [0.717, 1.165) is 16.7 Å². The van der Waals surface area contributed by atoms with Crippen molar-refractivity contribution in [2.45, 2.75) is 26.0 Å². The first-order chi connectivity index (χ1) is 14.0. The minimum atomic E-state index is -0.268. The molecule has 0 aliphatic rings. The number of rotatable bonds is 8. The second-order valence-corrected chi connectivity index (χ2v) is 7.35. The third-order valence-corrected chi connectivity index (χ3v) is 5.10. The molecule has 0 atom stereocenters. The Morgan fingerprint density at radius 1 is 0.897 bits per heavy atom. The molecule has 1 N–H and O–H groups in total. The molecule has 0 spiro atoms. The second kappa shape index (κ2) is 10.3. The fourth-order valence-electron chi connectivity index (χ4n) is 2.75. The van der Waals surface area contributed by atoms with Gasteiger partial charge in [0.2, 0.25) is 5.91 Å². The van der Waals surface area contributed by atoms with Gasteiger partial charge in [-0.05, 0) is 59.5 Å². The van der Waals surface area contributed by atoms with Crippen LogP contribution in [0.1, 0.15) is 23.1 Å². The fraction of sp³-hybridized carbons (Fsp3) is 0.174. The van der Waals surface area contributed by atoms with Crippen LogP contribution in [0.5, 0.6) is 5.75 Å². The van der Waals surface area contributed by atoms with Gasteiger partial charge in [-0.25, -0.2) is 4.39 Å². The summed E-state index contributed by atoms with van der Waals surface area (Å²) in [7, 11) is 0. The molecule has 0 heterocycles. The molecule has 0 radical (unpaired) electrons. The van der Waals surface area contributed by atoms with Gasteiger partial charge in [-0.1, -0.05) is 53.5 Å². The van der Waals surface area contributed by atoms with Crippen molar-refractivity contribution < 1.29 is 13.9 Å². The van der Waals surface area contributed by atoms with Gasteiger partial charge in [0.25, 0.3) is 0 Å². The van der Waals surface area contributed by atoms with Crippen LogP contribution in [0.25, 0.3) is 0 Å². The maximum atomic E-state index is 12.9. The average molecular weight is 432 g/mol. The third kappa shape index (κ3) is 6.48. The molecule has 0 bridgehead atoms. The quantitative estimate of drug-likeness (QED) is 0.477. The van der Waals surface area contributed by atoms with Gasteiger partial charge in [-0.15, -0.1) is 0 Å². The van der Waals surface area contributed by atoms with Gasteiger partial charge >= 0.3 is 0 Å². The lowest BCUT2D eigenvalue weighted by atomic mass is 10.1. The Morgan fingerprint density at radius 3 is 2.17 bits per heavy atom. The molecule has 0 aliphatic carbocycles. The van der Waals surface area contributed by atoms with Crippen molar-refractivity contribution in [1.82, 2.24) is 5.32 Å². The Hall–Kier alpha value is -2.56. The Balaban J connectivity index is 1.43. The van der Waals surface area contributed by atoms with Gasteiger partial charge in [0.15, 0.2) is 0 Å². The predicted molar refractivity (Wildman–Crippen MR) is 114 cm³/mol. The van der Waals surface area contributed by atoms with Gasteiger partial charge in [0, 0.05) is 23.0 Å². The van der Waals surface area contributed by atoms with Crippen LogP contribution in [0.4, 0.5) is 4.39 Å². The number of halogens is 3. The van der Waals surface area contributed by atoms with Crippen molar-refractivity contribution in [3.63, 3.8) is 0 Å². The SMILES string of the molecule is O=C(CCc1c(Cl)cccc1Cl)NCc1ccc(OCc2ccc(F)cc2)cc1. The first kappa shape index (κ1) is 21.2. The number of carbonyl (C=O) groups is 1. The van der Waals surface area contributed by atoms with E-state index in [1.165, 1.54) is 12.1 Å². The van der Waals surface area contributed by atoms with Gasteiger partial charge in [-0.3, -0.25) is 4.79 Å². The summed E-state index contributed by atoms with van der Waals surface area (Å²) in [5, 5.41) is 4.03. The molecule has 6 heteroatoms. The third-order valence-electron chi connectivity index (χ3n) is 4.40. The molecular formula is C23H20Cl2FNO2. The standard InChI is InChI=1S/C23H20Cl2FNO2/c24-21-2-1-3-22(25)20(21)12-13-23(28)27-14-16-6-10-19(11-7-16)29-15-17-4-8-18(26)9-5-17/h1-11H,12-15H2,(H,27,28). The highest BCUT2D eigenvalue weighted by molar-refractivity contribution is 6.36. The molecule has 150 valence electrons. The van der Waals surface area contributed by atoms with E-state index in [2.05, 4.69) is 5.32 Å². The molecular weight excluding hydrogens is 412 g/mol. The van der Waals surface area contributed by atoms with Crippen LogP contribution >= 0.6 is 23.2 Å². The van der Waals surface area contributed by atoms with Gasteiger partial charge in [-0.2, -0.15) is 0 Å². The maximum Gasteiger partial charge on any atom is 0.220 e. The van der Waals surface area contributed by atoms with Gasteiger partial charge < -0.3 is 10.1 Å². The summed E-state index contributed by atoms with van der Waals surface area (Å²) in [6.07, 6.45) is 0.794. The minimum Gasteiger partial charge on any atom is -0.489 e. The molecule has 0 aliphatic heterocycles. The summed E-state index contributed by atoms with van der Waals surface area (Å²) < 4.78 is 18.6. The molecule has 0 fully saturated rings. The summed E-state index contributed by atoms with van der Waals surface area (Å²) in [4.78, 5) is 12.1. The summed E-state index contributed by atoms with van der Waals surface area (Å²) in [5.74, 6) is 0.366. The van der Waals surface area contributed by atoms with E-state index in [0.29, 0.717) is 41.8 Å². The molecule has 3 aromatic rings. The van der Waals surface area contributed by atoms with E-state index in [-0.39, 0.29) is 11.7 Å². The summed E-state index contributed by atoms with van der Waals surface area (Å²) >= 11 is 12.3. The van der Waals surface area contributed by atoms with Crippen LogP contribution < -0.4 is 10.1 Å². The zero-order chi connectivity index (χ0) is 20.6. The number of carbonyl (C=O) groups excluding carboxylic acids is 1. The maximum absolute atomic E-state index is 12.9. The van der Waals surface area contributed by atoms with Crippen LogP contribution in [0.3, 0.4) is 0 Å². The van der Waals surface area contributed by atoms with E-state index >= 15 is 0 Å². The van der Waals surface area contributed by atoms with Crippen LogP contribution in [0.2, 0.25) is 10.0 Å². The van der Waals surface area contributed by atoms with Crippen molar-refractivity contribution >= 4 is 29.1 Å². The predicted octanol–water partition coefficient (Wildman–Crippen LogP) is 5.96. The summed E-state index contributed by atoms with van der Waals surface area (Å²) in [5.41, 5.74) is 2.64. The molecule has 3 rings (SSSR count). The van der Waals surface area contributed by atoms with Gasteiger partial charge in [0.1, 0.15) is 18.2 Å². The fourth-order valence-corrected chi connectivity index (χ4v) is 3.34. The number of amides is 1. The molecule has 3 aromatic carbocycles. The van der Waals surface area contributed by atoms with Crippen LogP contribution in [-0.4, -0.2) is 5.91 Å². The monoisotopic (exact) mass is 431 g/mol. The van der Waals surface area contributed by atoms with E-state index in [1.54, 1.807) is 30.3 Å². The highest BCUT2D eigenvalue weighted by atomic mass is 35.5. The molecule has 0 saturated carbocycles.